The average molecular weight is 347 g/mol. The van der Waals surface area contributed by atoms with Crippen LogP contribution in [0.15, 0.2) is 12.1 Å². The SMILES string of the molecule is CC(C)(C)OC(=O)N(CCNCc1ccc(Cl)s1)C(C)(C)C. The van der Waals surface area contributed by atoms with Crippen LogP contribution in [-0.4, -0.2) is 35.2 Å². The first kappa shape index (κ1) is 19.3. The van der Waals surface area contributed by atoms with Gasteiger partial charge in [0.25, 0.3) is 0 Å². The fourth-order valence-electron chi connectivity index (χ4n) is 1.87. The molecule has 0 bridgehead atoms. The number of halogens is 1. The molecule has 1 aromatic rings. The molecule has 0 aliphatic carbocycles. The highest BCUT2D eigenvalue weighted by Crippen LogP contribution is 2.21. The summed E-state index contributed by atoms with van der Waals surface area (Å²) in [5, 5.41) is 3.34. The minimum Gasteiger partial charge on any atom is -0.444 e. The molecule has 1 rings (SSSR count). The molecule has 0 saturated carbocycles. The molecule has 4 nitrogen and oxygen atoms in total. The number of thiophene rings is 1. The topological polar surface area (TPSA) is 41.6 Å². The first-order valence-electron chi connectivity index (χ1n) is 7.44. The Morgan fingerprint density at radius 1 is 1.27 bits per heavy atom. The van der Waals surface area contributed by atoms with E-state index in [-0.39, 0.29) is 11.6 Å². The molecule has 126 valence electrons. The lowest BCUT2D eigenvalue weighted by Crippen LogP contribution is -2.50. The lowest BCUT2D eigenvalue weighted by Gasteiger charge is -2.36. The van der Waals surface area contributed by atoms with Gasteiger partial charge in [-0.05, 0) is 53.7 Å². The van der Waals surface area contributed by atoms with E-state index in [9.17, 15) is 4.79 Å². The maximum Gasteiger partial charge on any atom is 0.410 e. The number of hydrogen-bond donors (Lipinski definition) is 1. The van der Waals surface area contributed by atoms with Crippen molar-refractivity contribution in [2.24, 2.45) is 0 Å². The van der Waals surface area contributed by atoms with Gasteiger partial charge in [0.2, 0.25) is 0 Å². The Bertz CT molecular complexity index is 489. The number of nitrogens with one attached hydrogen (secondary N) is 1. The lowest BCUT2D eigenvalue weighted by atomic mass is 10.1. The molecule has 22 heavy (non-hydrogen) atoms. The molecular formula is C16H27ClN2O2S. The summed E-state index contributed by atoms with van der Waals surface area (Å²) in [4.78, 5) is 15.3. The van der Waals surface area contributed by atoms with Crippen LogP contribution >= 0.6 is 22.9 Å². The van der Waals surface area contributed by atoms with E-state index in [0.29, 0.717) is 13.1 Å². The Labute approximate surface area is 142 Å². The molecule has 0 unspecified atom stereocenters. The van der Waals surface area contributed by atoms with Crippen LogP contribution in [0.1, 0.15) is 46.4 Å². The molecule has 1 aromatic heterocycles. The van der Waals surface area contributed by atoms with Crippen LogP contribution < -0.4 is 5.32 Å². The summed E-state index contributed by atoms with van der Waals surface area (Å²) in [6, 6.07) is 3.90. The van der Waals surface area contributed by atoms with E-state index in [2.05, 4.69) is 5.32 Å². The van der Waals surface area contributed by atoms with Crippen molar-refractivity contribution >= 4 is 29.0 Å². The van der Waals surface area contributed by atoms with Gasteiger partial charge >= 0.3 is 6.09 Å². The van der Waals surface area contributed by atoms with Crippen molar-refractivity contribution in [3.05, 3.63) is 21.3 Å². The number of hydrogen-bond acceptors (Lipinski definition) is 4. The summed E-state index contributed by atoms with van der Waals surface area (Å²) in [5.74, 6) is 0. The van der Waals surface area contributed by atoms with Crippen LogP contribution in [-0.2, 0) is 11.3 Å². The molecule has 0 fully saturated rings. The summed E-state index contributed by atoms with van der Waals surface area (Å²) >= 11 is 7.47. The van der Waals surface area contributed by atoms with Gasteiger partial charge in [-0.15, -0.1) is 11.3 Å². The monoisotopic (exact) mass is 346 g/mol. The zero-order chi connectivity index (χ0) is 17.0. The van der Waals surface area contributed by atoms with Crippen molar-refractivity contribution in [3.8, 4) is 0 Å². The maximum absolute atomic E-state index is 12.3. The molecule has 0 saturated heterocycles. The van der Waals surface area contributed by atoms with E-state index in [1.165, 1.54) is 4.88 Å². The fraction of sp³-hybridized carbons (Fsp3) is 0.688. The molecule has 6 heteroatoms. The van der Waals surface area contributed by atoms with Gasteiger partial charge in [-0.1, -0.05) is 11.6 Å². The predicted octanol–water partition coefficient (Wildman–Crippen LogP) is 4.53. The van der Waals surface area contributed by atoms with E-state index >= 15 is 0 Å². The quantitative estimate of drug-likeness (QED) is 0.796. The van der Waals surface area contributed by atoms with Crippen LogP contribution in [0.25, 0.3) is 0 Å². The van der Waals surface area contributed by atoms with Gasteiger partial charge in [0, 0.05) is 30.1 Å². The zero-order valence-electron chi connectivity index (χ0n) is 14.3. The Morgan fingerprint density at radius 3 is 2.36 bits per heavy atom. The lowest BCUT2D eigenvalue weighted by molar-refractivity contribution is 0.00664. The van der Waals surface area contributed by atoms with Gasteiger partial charge < -0.3 is 15.0 Å². The van der Waals surface area contributed by atoms with E-state index in [1.807, 2.05) is 53.7 Å². The summed E-state index contributed by atoms with van der Waals surface area (Å²) in [6.07, 6.45) is -0.277. The second-order valence-electron chi connectivity index (χ2n) is 7.19. The molecular weight excluding hydrogens is 320 g/mol. The second kappa shape index (κ2) is 7.66. The third-order valence-electron chi connectivity index (χ3n) is 2.86. The molecule has 1 N–H and O–H groups in total. The standard InChI is InChI=1S/C16H27ClN2O2S/c1-15(2,3)19(14(20)21-16(4,5)6)10-9-18-11-12-7-8-13(17)22-12/h7-8,18H,9-11H2,1-6H3. The third-order valence-corrected chi connectivity index (χ3v) is 4.10. The van der Waals surface area contributed by atoms with E-state index < -0.39 is 5.60 Å². The molecule has 1 heterocycles. The Balaban J connectivity index is 2.50. The number of carbonyl (C=O) groups excluding carboxylic acids is 1. The summed E-state index contributed by atoms with van der Waals surface area (Å²) in [6.45, 7) is 13.7. The molecule has 0 aliphatic rings. The first-order chi connectivity index (χ1) is 9.99. The zero-order valence-corrected chi connectivity index (χ0v) is 15.9. The molecule has 0 atom stereocenters. The van der Waals surface area contributed by atoms with Gasteiger partial charge in [0.15, 0.2) is 0 Å². The van der Waals surface area contributed by atoms with Crippen LogP contribution in [0, 0.1) is 0 Å². The molecule has 0 aromatic carbocycles. The number of ether oxygens (including phenoxy) is 1. The first-order valence-corrected chi connectivity index (χ1v) is 8.64. The summed E-state index contributed by atoms with van der Waals surface area (Å²) in [7, 11) is 0. The predicted molar refractivity (Wildman–Crippen MR) is 93.7 cm³/mol. The molecule has 0 aliphatic heterocycles. The van der Waals surface area contributed by atoms with Crippen molar-refractivity contribution in [2.75, 3.05) is 13.1 Å². The van der Waals surface area contributed by atoms with Crippen molar-refractivity contribution in [2.45, 2.75) is 59.2 Å². The Hall–Kier alpha value is -0.780. The molecule has 0 spiro atoms. The van der Waals surface area contributed by atoms with Crippen molar-refractivity contribution in [3.63, 3.8) is 0 Å². The summed E-state index contributed by atoms with van der Waals surface area (Å²) in [5.41, 5.74) is -0.766. The van der Waals surface area contributed by atoms with E-state index in [4.69, 9.17) is 16.3 Å². The number of amides is 1. The fourth-order valence-corrected chi connectivity index (χ4v) is 2.92. The highest BCUT2D eigenvalue weighted by Gasteiger charge is 2.30. The minimum atomic E-state index is -0.484. The third kappa shape index (κ3) is 6.99. The van der Waals surface area contributed by atoms with Crippen LogP contribution in [0.3, 0.4) is 0 Å². The molecule has 0 radical (unpaired) electrons. The number of rotatable bonds is 5. The highest BCUT2D eigenvalue weighted by molar-refractivity contribution is 7.16. The van der Waals surface area contributed by atoms with E-state index in [0.717, 1.165) is 10.9 Å². The van der Waals surface area contributed by atoms with Crippen molar-refractivity contribution < 1.29 is 9.53 Å². The highest BCUT2D eigenvalue weighted by atomic mass is 35.5. The van der Waals surface area contributed by atoms with Gasteiger partial charge in [-0.25, -0.2) is 4.79 Å². The number of carbonyl (C=O) groups is 1. The average Bonchev–Trinajstić information content (AvgIpc) is 2.70. The second-order valence-corrected chi connectivity index (χ2v) is 8.99. The maximum atomic E-state index is 12.3. The Morgan fingerprint density at radius 2 is 1.91 bits per heavy atom. The normalized spacial score (nSPS) is 12.3. The van der Waals surface area contributed by atoms with Gasteiger partial charge in [0.1, 0.15) is 5.60 Å². The van der Waals surface area contributed by atoms with Crippen LogP contribution in [0.2, 0.25) is 4.34 Å². The van der Waals surface area contributed by atoms with E-state index in [1.54, 1.807) is 16.2 Å². The largest absolute Gasteiger partial charge is 0.444 e. The smallest absolute Gasteiger partial charge is 0.410 e. The van der Waals surface area contributed by atoms with Crippen molar-refractivity contribution in [1.82, 2.24) is 10.2 Å². The summed E-state index contributed by atoms with van der Waals surface area (Å²) < 4.78 is 6.28. The van der Waals surface area contributed by atoms with Crippen LogP contribution in [0.4, 0.5) is 4.79 Å². The molecule has 1 amide bonds. The minimum absolute atomic E-state index is 0.277. The van der Waals surface area contributed by atoms with Crippen molar-refractivity contribution in [1.29, 1.82) is 0 Å². The van der Waals surface area contributed by atoms with Gasteiger partial charge in [0.05, 0.1) is 4.34 Å². The van der Waals surface area contributed by atoms with Gasteiger partial charge in [-0.3, -0.25) is 0 Å². The van der Waals surface area contributed by atoms with Gasteiger partial charge in [-0.2, -0.15) is 0 Å². The number of nitrogens with zero attached hydrogens (tertiary/aromatic N) is 1. The Kier molecular flexibility index (Phi) is 6.71. The van der Waals surface area contributed by atoms with Crippen LogP contribution in [0.5, 0.6) is 0 Å².